The van der Waals surface area contributed by atoms with Crippen molar-refractivity contribution >= 4 is 23.5 Å². The normalized spacial score (nSPS) is 19.2. The number of carboxylic acids is 1. The first-order chi connectivity index (χ1) is 12.6. The lowest BCUT2D eigenvalue weighted by atomic mass is 10.1. The first-order valence-electron chi connectivity index (χ1n) is 8.60. The van der Waals surface area contributed by atoms with Gasteiger partial charge in [0.1, 0.15) is 6.04 Å². The van der Waals surface area contributed by atoms with Crippen molar-refractivity contribution in [3.05, 3.63) is 65.2 Å². The Balaban J connectivity index is 1.77. The van der Waals surface area contributed by atoms with Crippen molar-refractivity contribution in [3.8, 4) is 0 Å². The van der Waals surface area contributed by atoms with Gasteiger partial charge in [0.05, 0.1) is 23.4 Å². The maximum atomic E-state index is 13.2. The second-order valence-electron chi connectivity index (χ2n) is 6.60. The summed E-state index contributed by atoms with van der Waals surface area (Å²) in [6, 6.07) is 13.2. The summed E-state index contributed by atoms with van der Waals surface area (Å²) < 4.78 is 0. The van der Waals surface area contributed by atoms with Gasteiger partial charge in [-0.1, -0.05) is 24.3 Å². The molecule has 0 spiro atoms. The smallest absolute Gasteiger partial charge is 0.335 e. The van der Waals surface area contributed by atoms with Crippen LogP contribution in [0.25, 0.3) is 0 Å². The van der Waals surface area contributed by atoms with Crippen molar-refractivity contribution in [3.63, 3.8) is 0 Å². The number of carbonyl (C=O) groups is 3. The molecule has 6 heteroatoms. The number of nitrogens with zero attached hydrogens (tertiary/aromatic N) is 2. The summed E-state index contributed by atoms with van der Waals surface area (Å²) in [5, 5.41) is 9.20. The quantitative estimate of drug-likeness (QED) is 0.923. The molecule has 2 amide bonds. The van der Waals surface area contributed by atoms with Crippen LogP contribution in [-0.2, 0) is 11.3 Å². The van der Waals surface area contributed by atoms with Crippen LogP contribution in [0.5, 0.6) is 0 Å². The van der Waals surface area contributed by atoms with Gasteiger partial charge in [0.25, 0.3) is 5.91 Å². The fraction of sp³-hybridized carbons (Fsp3) is 0.250. The molecule has 1 saturated heterocycles. The zero-order chi connectivity index (χ0) is 18.3. The summed E-state index contributed by atoms with van der Waals surface area (Å²) in [5.41, 5.74) is 1.99. The van der Waals surface area contributed by atoms with Crippen LogP contribution in [-0.4, -0.2) is 40.4 Å². The highest BCUT2D eigenvalue weighted by Gasteiger charge is 2.41. The van der Waals surface area contributed by atoms with Gasteiger partial charge in [-0.25, -0.2) is 4.79 Å². The SMILES string of the molecule is O=C(O)c1cccc(CN2C(=O)C3CCCN3C(=O)c3ccccc32)c1. The Kier molecular flexibility index (Phi) is 3.95. The maximum Gasteiger partial charge on any atom is 0.335 e. The monoisotopic (exact) mass is 350 g/mol. The minimum atomic E-state index is -1.01. The number of hydrogen-bond acceptors (Lipinski definition) is 3. The molecule has 0 radical (unpaired) electrons. The Morgan fingerprint density at radius 3 is 2.73 bits per heavy atom. The molecule has 132 valence electrons. The molecule has 2 heterocycles. The summed E-state index contributed by atoms with van der Waals surface area (Å²) in [6.45, 7) is 0.820. The average Bonchev–Trinajstić information content (AvgIpc) is 3.12. The fourth-order valence-electron chi connectivity index (χ4n) is 3.76. The van der Waals surface area contributed by atoms with Crippen LogP contribution in [0.2, 0.25) is 0 Å². The van der Waals surface area contributed by atoms with Gasteiger partial charge in [0.15, 0.2) is 0 Å². The van der Waals surface area contributed by atoms with Gasteiger partial charge in [-0.2, -0.15) is 0 Å². The third kappa shape index (κ3) is 2.63. The average molecular weight is 350 g/mol. The van der Waals surface area contributed by atoms with Crippen molar-refractivity contribution in [2.24, 2.45) is 0 Å². The summed E-state index contributed by atoms with van der Waals surface area (Å²) in [7, 11) is 0. The molecule has 1 fully saturated rings. The topological polar surface area (TPSA) is 77.9 Å². The molecule has 2 aromatic carbocycles. The lowest BCUT2D eigenvalue weighted by Gasteiger charge is -2.26. The molecule has 0 aromatic heterocycles. The molecular weight excluding hydrogens is 332 g/mol. The Bertz CT molecular complexity index is 908. The summed E-state index contributed by atoms with van der Waals surface area (Å²) in [5.74, 6) is -1.23. The molecule has 2 aromatic rings. The number of carboxylic acid groups (broad SMARTS) is 1. The van der Waals surface area contributed by atoms with Crippen LogP contribution >= 0.6 is 0 Å². The van der Waals surface area contributed by atoms with Crippen LogP contribution in [0, 0.1) is 0 Å². The molecule has 2 aliphatic heterocycles. The van der Waals surface area contributed by atoms with Crippen molar-refractivity contribution in [2.75, 3.05) is 11.4 Å². The highest BCUT2D eigenvalue weighted by atomic mass is 16.4. The highest BCUT2D eigenvalue weighted by molar-refractivity contribution is 6.11. The first-order valence-corrected chi connectivity index (χ1v) is 8.60. The van der Waals surface area contributed by atoms with Crippen LogP contribution in [0.3, 0.4) is 0 Å². The largest absolute Gasteiger partial charge is 0.478 e. The third-order valence-corrected chi connectivity index (χ3v) is 5.00. The molecule has 1 unspecified atom stereocenters. The molecule has 4 rings (SSSR count). The number of fused-ring (bicyclic) bond motifs is 2. The van der Waals surface area contributed by atoms with E-state index in [4.69, 9.17) is 0 Å². The number of carbonyl (C=O) groups excluding carboxylic acids is 2. The number of rotatable bonds is 3. The van der Waals surface area contributed by atoms with Crippen molar-refractivity contribution in [1.82, 2.24) is 4.90 Å². The lowest BCUT2D eigenvalue weighted by molar-refractivity contribution is -0.122. The third-order valence-electron chi connectivity index (χ3n) is 5.00. The lowest BCUT2D eigenvalue weighted by Crippen LogP contribution is -2.44. The molecule has 26 heavy (non-hydrogen) atoms. The van der Waals surface area contributed by atoms with E-state index in [1.54, 1.807) is 52.3 Å². The van der Waals surface area contributed by atoms with Gasteiger partial charge in [0, 0.05) is 6.54 Å². The Hall–Kier alpha value is -3.15. The first kappa shape index (κ1) is 16.3. The predicted molar refractivity (Wildman–Crippen MR) is 95.1 cm³/mol. The van der Waals surface area contributed by atoms with E-state index in [0.717, 1.165) is 6.42 Å². The molecule has 1 N–H and O–H groups in total. The number of anilines is 1. The van der Waals surface area contributed by atoms with Crippen molar-refractivity contribution < 1.29 is 19.5 Å². The highest BCUT2D eigenvalue weighted by Crippen LogP contribution is 2.33. The summed E-state index contributed by atoms with van der Waals surface area (Å²) >= 11 is 0. The zero-order valence-electron chi connectivity index (χ0n) is 14.1. The van der Waals surface area contributed by atoms with E-state index in [2.05, 4.69) is 0 Å². The van der Waals surface area contributed by atoms with Gasteiger partial charge < -0.3 is 14.9 Å². The van der Waals surface area contributed by atoms with E-state index in [-0.39, 0.29) is 23.9 Å². The van der Waals surface area contributed by atoms with Crippen molar-refractivity contribution in [2.45, 2.75) is 25.4 Å². The number of para-hydroxylation sites is 1. The number of benzene rings is 2. The molecule has 6 nitrogen and oxygen atoms in total. The van der Waals surface area contributed by atoms with Crippen LogP contribution in [0.15, 0.2) is 48.5 Å². The van der Waals surface area contributed by atoms with Crippen LogP contribution < -0.4 is 4.90 Å². The maximum absolute atomic E-state index is 13.2. The van der Waals surface area contributed by atoms with E-state index < -0.39 is 12.0 Å². The second-order valence-corrected chi connectivity index (χ2v) is 6.60. The van der Waals surface area contributed by atoms with Crippen LogP contribution in [0.1, 0.15) is 39.1 Å². The zero-order valence-corrected chi connectivity index (χ0v) is 14.1. The number of aromatic carboxylic acids is 1. The molecule has 2 aliphatic rings. The van der Waals surface area contributed by atoms with E-state index in [9.17, 15) is 19.5 Å². The van der Waals surface area contributed by atoms with Gasteiger partial charge in [-0.3, -0.25) is 9.59 Å². The Morgan fingerprint density at radius 1 is 1.12 bits per heavy atom. The summed E-state index contributed by atoms with van der Waals surface area (Å²) in [4.78, 5) is 40.5. The van der Waals surface area contributed by atoms with E-state index in [1.807, 2.05) is 0 Å². The summed E-state index contributed by atoms with van der Waals surface area (Å²) in [6.07, 6.45) is 1.47. The van der Waals surface area contributed by atoms with E-state index in [0.29, 0.717) is 29.8 Å². The van der Waals surface area contributed by atoms with Gasteiger partial charge in [-0.15, -0.1) is 0 Å². The molecule has 1 atom stereocenters. The molecule has 0 bridgehead atoms. The number of amides is 2. The standard InChI is InChI=1S/C20H18N2O4/c23-18-15-7-1-2-8-16(15)22(19(24)17-9-4-10-21(17)18)12-13-5-3-6-14(11-13)20(25)26/h1-3,5-8,11,17H,4,9-10,12H2,(H,25,26). The van der Waals surface area contributed by atoms with E-state index >= 15 is 0 Å². The molecule has 0 aliphatic carbocycles. The van der Waals surface area contributed by atoms with Gasteiger partial charge in [-0.05, 0) is 42.7 Å². The van der Waals surface area contributed by atoms with E-state index in [1.165, 1.54) is 6.07 Å². The molecular formula is C20H18N2O4. The fourth-order valence-corrected chi connectivity index (χ4v) is 3.76. The molecule has 0 saturated carbocycles. The minimum absolute atomic E-state index is 0.110. The van der Waals surface area contributed by atoms with Crippen molar-refractivity contribution in [1.29, 1.82) is 0 Å². The van der Waals surface area contributed by atoms with Crippen LogP contribution in [0.4, 0.5) is 5.69 Å². The van der Waals surface area contributed by atoms with Gasteiger partial charge >= 0.3 is 5.97 Å². The van der Waals surface area contributed by atoms with Gasteiger partial charge in [0.2, 0.25) is 5.91 Å². The minimum Gasteiger partial charge on any atom is -0.478 e. The second kappa shape index (κ2) is 6.29. The Labute approximate surface area is 150 Å². The predicted octanol–water partition coefficient (Wildman–Crippen LogP) is 2.54. The Morgan fingerprint density at radius 2 is 1.92 bits per heavy atom. The number of hydrogen-bond donors (Lipinski definition) is 1.